The molecule has 0 fully saturated rings. The predicted molar refractivity (Wildman–Crippen MR) is 76.6 cm³/mol. The van der Waals surface area contributed by atoms with Gasteiger partial charge in [-0.1, -0.05) is 42.5 Å². The Morgan fingerprint density at radius 1 is 1.00 bits per heavy atom. The Balaban J connectivity index is 2.10. The maximum absolute atomic E-state index is 2.41. The van der Waals surface area contributed by atoms with Crippen LogP contribution >= 0.6 is 0 Å². The molecule has 0 bridgehead atoms. The summed E-state index contributed by atoms with van der Waals surface area (Å²) >= 11 is 0. The van der Waals surface area contributed by atoms with E-state index in [0.717, 1.165) is 6.42 Å². The number of hydrogen-bond acceptors (Lipinski definition) is 0. The van der Waals surface area contributed by atoms with E-state index in [1.54, 1.807) is 11.1 Å². The first-order valence-electron chi connectivity index (χ1n) is 6.65. The van der Waals surface area contributed by atoms with Gasteiger partial charge >= 0.3 is 0 Å². The third-order valence-corrected chi connectivity index (χ3v) is 4.52. The molecule has 0 saturated carbocycles. The zero-order valence-corrected chi connectivity index (χ0v) is 10.8. The third-order valence-electron chi connectivity index (χ3n) is 4.52. The van der Waals surface area contributed by atoms with Crippen LogP contribution in [0.4, 0.5) is 0 Å². The van der Waals surface area contributed by atoms with Crippen molar-refractivity contribution in [1.82, 2.24) is 0 Å². The van der Waals surface area contributed by atoms with Crippen molar-refractivity contribution in [3.63, 3.8) is 0 Å². The molecule has 0 aliphatic heterocycles. The molecule has 4 rings (SSSR count). The molecule has 3 aliphatic rings. The first-order chi connectivity index (χ1) is 8.75. The molecule has 0 heteroatoms. The van der Waals surface area contributed by atoms with Gasteiger partial charge in [0.1, 0.15) is 0 Å². The molecule has 0 saturated heterocycles. The van der Waals surface area contributed by atoms with E-state index in [4.69, 9.17) is 0 Å². The molecule has 1 unspecified atom stereocenters. The van der Waals surface area contributed by atoms with E-state index >= 15 is 0 Å². The fourth-order valence-corrected chi connectivity index (χ4v) is 3.51. The molecule has 0 radical (unpaired) electrons. The van der Waals surface area contributed by atoms with Gasteiger partial charge in [-0.15, -0.1) is 0 Å². The summed E-state index contributed by atoms with van der Waals surface area (Å²) < 4.78 is 0. The number of rotatable bonds is 0. The largest absolute Gasteiger partial charge is 0.0759 e. The van der Waals surface area contributed by atoms with E-state index in [2.05, 4.69) is 56.4 Å². The van der Waals surface area contributed by atoms with Crippen LogP contribution in [-0.4, -0.2) is 0 Å². The summed E-state index contributed by atoms with van der Waals surface area (Å²) in [5, 5.41) is 0. The Bertz CT molecular complexity index is 678. The molecule has 18 heavy (non-hydrogen) atoms. The average Bonchev–Trinajstić information content (AvgIpc) is 2.40. The van der Waals surface area contributed by atoms with Crippen LogP contribution in [0, 0.1) is 6.92 Å². The van der Waals surface area contributed by atoms with E-state index in [-0.39, 0.29) is 0 Å². The van der Waals surface area contributed by atoms with Crippen molar-refractivity contribution in [2.24, 2.45) is 0 Å². The molecule has 0 nitrogen and oxygen atoms in total. The second-order valence-electron chi connectivity index (χ2n) is 5.51. The Morgan fingerprint density at radius 3 is 2.78 bits per heavy atom. The predicted octanol–water partition coefficient (Wildman–Crippen LogP) is 4.47. The second kappa shape index (κ2) is 3.35. The maximum Gasteiger partial charge on any atom is 0.0348 e. The zero-order valence-electron chi connectivity index (χ0n) is 10.8. The van der Waals surface area contributed by atoms with Gasteiger partial charge in [0.25, 0.3) is 0 Å². The Morgan fingerprint density at radius 2 is 1.89 bits per heavy atom. The van der Waals surface area contributed by atoms with E-state index in [1.807, 2.05) is 0 Å². The lowest BCUT2D eigenvalue weighted by Gasteiger charge is -2.35. The molecule has 3 aliphatic carbocycles. The highest BCUT2D eigenvalue weighted by molar-refractivity contribution is 5.73. The van der Waals surface area contributed by atoms with Crippen LogP contribution in [0.3, 0.4) is 0 Å². The fraction of sp³-hybridized carbons (Fsp3) is 0.222. The molecular formula is C18H16. The van der Waals surface area contributed by atoms with Gasteiger partial charge in [0.15, 0.2) is 0 Å². The van der Waals surface area contributed by atoms with Gasteiger partial charge < -0.3 is 0 Å². The number of hydrogen-bond donors (Lipinski definition) is 0. The molecule has 1 aromatic carbocycles. The average molecular weight is 232 g/mol. The first-order valence-corrected chi connectivity index (χ1v) is 6.65. The van der Waals surface area contributed by atoms with Gasteiger partial charge in [-0.05, 0) is 59.2 Å². The van der Waals surface area contributed by atoms with Gasteiger partial charge in [0.2, 0.25) is 0 Å². The highest BCUT2D eigenvalue weighted by Crippen LogP contribution is 2.47. The minimum atomic E-state index is 0.499. The highest BCUT2D eigenvalue weighted by Gasteiger charge is 2.31. The van der Waals surface area contributed by atoms with Crippen molar-refractivity contribution in [1.29, 1.82) is 0 Å². The molecule has 0 spiro atoms. The Hall–Kier alpha value is -1.82. The van der Waals surface area contributed by atoms with Gasteiger partial charge in [0, 0.05) is 5.92 Å². The van der Waals surface area contributed by atoms with Crippen LogP contribution in [0.1, 0.15) is 35.1 Å². The first kappa shape index (κ1) is 10.1. The van der Waals surface area contributed by atoms with Crippen molar-refractivity contribution >= 4 is 6.08 Å². The third kappa shape index (κ3) is 1.16. The second-order valence-corrected chi connectivity index (χ2v) is 5.51. The molecule has 0 N–H and O–H groups in total. The molecule has 0 heterocycles. The van der Waals surface area contributed by atoms with Gasteiger partial charge in [0.05, 0.1) is 0 Å². The standard InChI is InChI=1S/C18H16/c1-11-3-5-13-8-10-16-12(2)4-6-14-7-9-15(11)17(13)18(14)16/h3-9,17H,10H2,1-2H3. The zero-order chi connectivity index (χ0) is 12.3. The van der Waals surface area contributed by atoms with Gasteiger partial charge in [-0.2, -0.15) is 0 Å². The van der Waals surface area contributed by atoms with Crippen LogP contribution in [-0.2, 0) is 6.42 Å². The molecule has 0 amide bonds. The summed E-state index contributed by atoms with van der Waals surface area (Å²) in [5.41, 5.74) is 10.3. The van der Waals surface area contributed by atoms with Crippen molar-refractivity contribution in [2.45, 2.75) is 26.2 Å². The summed E-state index contributed by atoms with van der Waals surface area (Å²) in [7, 11) is 0. The van der Waals surface area contributed by atoms with E-state index < -0.39 is 0 Å². The molecular weight excluding hydrogens is 216 g/mol. The van der Waals surface area contributed by atoms with Crippen molar-refractivity contribution in [3.05, 3.63) is 75.4 Å². The van der Waals surface area contributed by atoms with Crippen LogP contribution < -0.4 is 0 Å². The van der Waals surface area contributed by atoms with E-state index in [0.29, 0.717) is 5.92 Å². The van der Waals surface area contributed by atoms with E-state index in [9.17, 15) is 0 Å². The van der Waals surface area contributed by atoms with Crippen LogP contribution in [0.15, 0.2) is 53.2 Å². The molecule has 1 aromatic rings. The number of aryl methyl sites for hydroxylation is 1. The lowest BCUT2D eigenvalue weighted by molar-refractivity contribution is 0.874. The van der Waals surface area contributed by atoms with Crippen LogP contribution in [0.25, 0.3) is 6.08 Å². The van der Waals surface area contributed by atoms with Crippen LogP contribution in [0.5, 0.6) is 0 Å². The summed E-state index contributed by atoms with van der Waals surface area (Å²) in [4.78, 5) is 0. The van der Waals surface area contributed by atoms with Gasteiger partial charge in [-0.3, -0.25) is 0 Å². The maximum atomic E-state index is 2.41. The lowest BCUT2D eigenvalue weighted by atomic mass is 9.69. The summed E-state index contributed by atoms with van der Waals surface area (Å²) in [5.74, 6) is 0.499. The lowest BCUT2D eigenvalue weighted by Crippen LogP contribution is -2.19. The van der Waals surface area contributed by atoms with Gasteiger partial charge in [-0.25, -0.2) is 0 Å². The summed E-state index contributed by atoms with van der Waals surface area (Å²) in [6.07, 6.45) is 12.7. The highest BCUT2D eigenvalue weighted by atomic mass is 14.3. The smallest absolute Gasteiger partial charge is 0.0348 e. The molecule has 0 aromatic heterocycles. The topological polar surface area (TPSA) is 0 Å². The Kier molecular flexibility index (Phi) is 1.89. The van der Waals surface area contributed by atoms with Crippen molar-refractivity contribution in [2.75, 3.05) is 0 Å². The minimum Gasteiger partial charge on any atom is -0.0759 e. The fourth-order valence-electron chi connectivity index (χ4n) is 3.51. The quantitative estimate of drug-likeness (QED) is 0.619. The van der Waals surface area contributed by atoms with Crippen molar-refractivity contribution < 1.29 is 0 Å². The summed E-state index contributed by atoms with van der Waals surface area (Å²) in [6.45, 7) is 4.46. The number of benzene rings is 1. The van der Waals surface area contributed by atoms with Crippen molar-refractivity contribution in [3.8, 4) is 0 Å². The minimum absolute atomic E-state index is 0.499. The SMILES string of the molecule is CC1=C2C=Cc3ccc(C)c4c3C2C(=CC4)C=C1. The summed E-state index contributed by atoms with van der Waals surface area (Å²) in [6, 6.07) is 4.54. The van der Waals surface area contributed by atoms with Crippen LogP contribution in [0.2, 0.25) is 0 Å². The molecule has 1 atom stereocenters. The number of allylic oxidation sites excluding steroid dienone is 7. The monoisotopic (exact) mass is 232 g/mol. The normalized spacial score (nSPS) is 23.0. The Labute approximate surface area is 108 Å². The molecule has 88 valence electrons. The van der Waals surface area contributed by atoms with E-state index in [1.165, 1.54) is 27.8 Å².